The lowest BCUT2D eigenvalue weighted by Crippen LogP contribution is -2.57. The van der Waals surface area contributed by atoms with Crippen molar-refractivity contribution in [2.75, 3.05) is 33.3 Å². The zero-order chi connectivity index (χ0) is 24.8. The minimum atomic E-state index is -0.674. The van der Waals surface area contributed by atoms with Gasteiger partial charge in [-0.15, -0.1) is 0 Å². The van der Waals surface area contributed by atoms with Gasteiger partial charge in [0.2, 0.25) is 0 Å². The first-order chi connectivity index (χ1) is 17.0. The predicted molar refractivity (Wildman–Crippen MR) is 136 cm³/mol. The van der Waals surface area contributed by atoms with Crippen LogP contribution >= 0.6 is 0 Å². The molecule has 0 bridgehead atoms. The summed E-state index contributed by atoms with van der Waals surface area (Å²) in [6.07, 6.45) is 8.65. The number of hydrogen-bond acceptors (Lipinski definition) is 5. The molecule has 0 aliphatic carbocycles. The Balaban J connectivity index is 1.32. The highest BCUT2D eigenvalue weighted by Crippen LogP contribution is 2.38. The van der Waals surface area contributed by atoms with Crippen molar-refractivity contribution in [2.24, 2.45) is 0 Å². The Hall–Kier alpha value is -2.93. The Morgan fingerprint density at radius 3 is 2.43 bits per heavy atom. The van der Waals surface area contributed by atoms with Gasteiger partial charge in [0.15, 0.2) is 0 Å². The summed E-state index contributed by atoms with van der Waals surface area (Å²) in [5.74, 6) is 0.881. The number of likely N-dealkylation sites (N-methyl/N-ethyl adjacent to an activating group) is 1. The molecular formula is C28H38N4O3. The van der Waals surface area contributed by atoms with E-state index >= 15 is 0 Å². The van der Waals surface area contributed by atoms with Crippen LogP contribution in [-0.4, -0.2) is 76.5 Å². The second kappa shape index (κ2) is 11.2. The van der Waals surface area contributed by atoms with E-state index in [1.165, 1.54) is 10.5 Å². The summed E-state index contributed by atoms with van der Waals surface area (Å²) in [5.41, 5.74) is 1.76. The molecule has 1 aromatic carbocycles. The number of hydrogen-bond donors (Lipinski definition) is 0. The number of aromatic nitrogens is 1. The van der Waals surface area contributed by atoms with Crippen molar-refractivity contribution in [3.05, 3.63) is 59.9 Å². The van der Waals surface area contributed by atoms with Crippen LogP contribution in [0.4, 0.5) is 4.79 Å². The summed E-state index contributed by atoms with van der Waals surface area (Å²) in [6, 6.07) is 12.5. The molecule has 2 fully saturated rings. The third-order valence-electron chi connectivity index (χ3n) is 7.77. The first-order valence-corrected chi connectivity index (χ1v) is 12.9. The first kappa shape index (κ1) is 25.2. The predicted octanol–water partition coefficient (Wildman–Crippen LogP) is 4.16. The van der Waals surface area contributed by atoms with Gasteiger partial charge in [0.25, 0.3) is 5.91 Å². The molecule has 0 N–H and O–H groups in total. The molecule has 2 aromatic rings. The van der Waals surface area contributed by atoms with Crippen LogP contribution < -0.4 is 4.74 Å². The molecule has 7 nitrogen and oxygen atoms in total. The molecule has 1 aromatic heterocycles. The van der Waals surface area contributed by atoms with Gasteiger partial charge in [0, 0.05) is 44.6 Å². The van der Waals surface area contributed by atoms with Gasteiger partial charge in [-0.3, -0.25) is 14.7 Å². The van der Waals surface area contributed by atoms with Gasteiger partial charge in [-0.2, -0.15) is 0 Å². The first-order valence-electron chi connectivity index (χ1n) is 12.9. The van der Waals surface area contributed by atoms with E-state index in [2.05, 4.69) is 28.9 Å². The molecule has 0 saturated carbocycles. The smallest absolute Gasteiger partial charge is 0.327 e. The molecule has 1 unspecified atom stereocenters. The molecule has 188 valence electrons. The number of ether oxygens (including phenoxy) is 1. The number of aryl methyl sites for hydroxylation is 2. The molecule has 1 atom stereocenters. The fourth-order valence-electron chi connectivity index (χ4n) is 5.57. The van der Waals surface area contributed by atoms with Crippen molar-refractivity contribution in [1.82, 2.24) is 19.7 Å². The van der Waals surface area contributed by atoms with E-state index < -0.39 is 5.54 Å². The average Bonchev–Trinajstić information content (AvgIpc) is 3.09. The number of carbonyl (C=O) groups is 2. The number of benzene rings is 1. The Morgan fingerprint density at radius 2 is 1.80 bits per heavy atom. The number of imide groups is 1. The second-order valence-corrected chi connectivity index (χ2v) is 9.75. The maximum absolute atomic E-state index is 13.6. The van der Waals surface area contributed by atoms with Crippen LogP contribution in [0.15, 0.2) is 48.8 Å². The van der Waals surface area contributed by atoms with Gasteiger partial charge in [0.05, 0.1) is 7.11 Å². The number of nitrogens with zero attached hydrogens (tertiary/aromatic N) is 4. The van der Waals surface area contributed by atoms with E-state index in [9.17, 15) is 9.59 Å². The van der Waals surface area contributed by atoms with Crippen molar-refractivity contribution in [1.29, 1.82) is 0 Å². The highest BCUT2D eigenvalue weighted by atomic mass is 16.5. The molecule has 3 heterocycles. The van der Waals surface area contributed by atoms with E-state index in [1.54, 1.807) is 13.3 Å². The van der Waals surface area contributed by atoms with E-state index in [4.69, 9.17) is 4.74 Å². The summed E-state index contributed by atoms with van der Waals surface area (Å²) in [4.78, 5) is 36.7. The summed E-state index contributed by atoms with van der Waals surface area (Å²) < 4.78 is 5.25. The van der Waals surface area contributed by atoms with Crippen LogP contribution in [0.3, 0.4) is 0 Å². The Kier molecular flexibility index (Phi) is 8.06. The Morgan fingerprint density at radius 1 is 1.06 bits per heavy atom. The van der Waals surface area contributed by atoms with Crippen LogP contribution in [0.25, 0.3) is 0 Å². The van der Waals surface area contributed by atoms with Crippen molar-refractivity contribution in [3.8, 4) is 5.75 Å². The second-order valence-electron chi connectivity index (χ2n) is 9.75. The third-order valence-corrected chi connectivity index (χ3v) is 7.77. The monoisotopic (exact) mass is 478 g/mol. The van der Waals surface area contributed by atoms with E-state index in [0.717, 1.165) is 50.1 Å². The number of piperidine rings is 1. The van der Waals surface area contributed by atoms with E-state index in [0.29, 0.717) is 32.0 Å². The summed E-state index contributed by atoms with van der Waals surface area (Å²) in [5, 5.41) is 0. The SMILES string of the molecule is CCN1C(=O)N(CCCc2cccnc2)C(=O)C12CCN(C(C)CCc1ccc(OC)cc1)CC2. The lowest BCUT2D eigenvalue weighted by molar-refractivity contribution is -0.136. The van der Waals surface area contributed by atoms with Crippen LogP contribution in [-0.2, 0) is 17.6 Å². The van der Waals surface area contributed by atoms with Gasteiger partial charge in [-0.25, -0.2) is 4.79 Å². The fraction of sp³-hybridized carbons (Fsp3) is 0.536. The number of urea groups is 1. The molecule has 2 aliphatic rings. The van der Waals surface area contributed by atoms with Gasteiger partial charge < -0.3 is 14.5 Å². The number of rotatable bonds is 10. The maximum Gasteiger partial charge on any atom is 0.327 e. The Labute approximate surface area is 209 Å². The number of methoxy groups -OCH3 is 1. The normalized spacial score (nSPS) is 18.9. The van der Waals surface area contributed by atoms with Crippen molar-refractivity contribution < 1.29 is 14.3 Å². The highest BCUT2D eigenvalue weighted by molar-refractivity contribution is 6.07. The van der Waals surface area contributed by atoms with Crippen molar-refractivity contribution >= 4 is 11.9 Å². The van der Waals surface area contributed by atoms with Gasteiger partial charge >= 0.3 is 6.03 Å². The third kappa shape index (κ3) is 5.35. The van der Waals surface area contributed by atoms with Crippen molar-refractivity contribution in [2.45, 2.75) is 64.0 Å². The molecular weight excluding hydrogens is 440 g/mol. The Bertz CT molecular complexity index is 987. The number of pyridine rings is 1. The average molecular weight is 479 g/mol. The zero-order valence-corrected chi connectivity index (χ0v) is 21.3. The summed E-state index contributed by atoms with van der Waals surface area (Å²) >= 11 is 0. The minimum Gasteiger partial charge on any atom is -0.497 e. The standard InChI is InChI=1S/C28H38N4O3/c1-4-32-27(34)31(18-6-8-24-7-5-17-29-21-24)26(33)28(32)15-19-30(20-16-28)22(2)9-10-23-11-13-25(35-3)14-12-23/h5,7,11-14,17,21-22H,4,6,8-10,15-16,18-20H2,1-3H3. The largest absolute Gasteiger partial charge is 0.497 e. The summed E-state index contributed by atoms with van der Waals surface area (Å²) in [6.45, 7) is 6.95. The zero-order valence-electron chi connectivity index (χ0n) is 21.3. The molecule has 3 amide bonds. The number of likely N-dealkylation sites (tertiary alicyclic amines) is 1. The fourth-order valence-corrected chi connectivity index (χ4v) is 5.57. The lowest BCUT2D eigenvalue weighted by Gasteiger charge is -2.43. The molecule has 4 rings (SSSR count). The maximum atomic E-state index is 13.6. The van der Waals surface area contributed by atoms with Gasteiger partial charge in [-0.05, 0) is 81.7 Å². The van der Waals surface area contributed by atoms with Crippen LogP contribution in [0.1, 0.15) is 50.7 Å². The van der Waals surface area contributed by atoms with Gasteiger partial charge in [-0.1, -0.05) is 18.2 Å². The molecule has 2 aliphatic heterocycles. The van der Waals surface area contributed by atoms with Gasteiger partial charge in [0.1, 0.15) is 11.3 Å². The quantitative estimate of drug-likeness (QED) is 0.480. The highest BCUT2D eigenvalue weighted by Gasteiger charge is 2.57. The van der Waals surface area contributed by atoms with E-state index in [1.807, 2.05) is 42.3 Å². The molecule has 0 radical (unpaired) electrons. The van der Waals surface area contributed by atoms with Crippen LogP contribution in [0.2, 0.25) is 0 Å². The molecule has 7 heteroatoms. The molecule has 35 heavy (non-hydrogen) atoms. The van der Waals surface area contributed by atoms with Crippen LogP contribution in [0.5, 0.6) is 5.75 Å². The topological polar surface area (TPSA) is 66.0 Å². The van der Waals surface area contributed by atoms with E-state index in [-0.39, 0.29) is 11.9 Å². The molecule has 1 spiro atoms. The minimum absolute atomic E-state index is 0.000993. The van der Waals surface area contributed by atoms with Crippen molar-refractivity contribution in [3.63, 3.8) is 0 Å². The number of carbonyl (C=O) groups excluding carboxylic acids is 2. The lowest BCUT2D eigenvalue weighted by atomic mass is 9.85. The number of amides is 3. The van der Waals surface area contributed by atoms with Crippen LogP contribution in [0, 0.1) is 0 Å². The molecule has 2 saturated heterocycles. The summed E-state index contributed by atoms with van der Waals surface area (Å²) in [7, 11) is 1.68.